The van der Waals surface area contributed by atoms with Crippen LogP contribution in [0.15, 0.2) is 48.7 Å². The summed E-state index contributed by atoms with van der Waals surface area (Å²) in [5.41, 5.74) is 1.61. The maximum absolute atomic E-state index is 5.93. The van der Waals surface area contributed by atoms with Crippen molar-refractivity contribution < 1.29 is 4.74 Å². The van der Waals surface area contributed by atoms with Gasteiger partial charge in [0.05, 0.1) is 5.69 Å². The highest BCUT2D eigenvalue weighted by molar-refractivity contribution is 5.96. The van der Waals surface area contributed by atoms with Gasteiger partial charge >= 0.3 is 0 Å². The van der Waals surface area contributed by atoms with Crippen molar-refractivity contribution in [3.63, 3.8) is 0 Å². The molecular formula is C17H15N5O. The monoisotopic (exact) mass is 305 g/mol. The Hall–Kier alpha value is -3.02. The number of rotatable bonds is 4. The van der Waals surface area contributed by atoms with Gasteiger partial charge in [-0.3, -0.25) is 4.98 Å². The first-order valence-electron chi connectivity index (χ1n) is 7.52. The Morgan fingerprint density at radius 3 is 2.61 bits per heavy atom. The lowest BCUT2D eigenvalue weighted by atomic mass is 10.2. The second-order valence-corrected chi connectivity index (χ2v) is 5.17. The number of hydrogen-bond donors (Lipinski definition) is 0. The third-order valence-corrected chi connectivity index (χ3v) is 3.69. The van der Waals surface area contributed by atoms with Crippen molar-refractivity contribution in [2.75, 3.05) is 0 Å². The van der Waals surface area contributed by atoms with E-state index < -0.39 is 0 Å². The third-order valence-electron chi connectivity index (χ3n) is 3.69. The molecule has 0 bridgehead atoms. The Balaban J connectivity index is 1.83. The van der Waals surface area contributed by atoms with Crippen LogP contribution in [-0.2, 0) is 13.0 Å². The van der Waals surface area contributed by atoms with E-state index in [1.54, 1.807) is 10.7 Å². The smallest absolute Gasteiger partial charge is 0.240 e. The summed E-state index contributed by atoms with van der Waals surface area (Å²) in [5.74, 6) is 1.38. The van der Waals surface area contributed by atoms with E-state index in [-0.39, 0.29) is 0 Å². The van der Waals surface area contributed by atoms with Crippen LogP contribution in [0, 0.1) is 0 Å². The Morgan fingerprint density at radius 2 is 1.83 bits per heavy atom. The summed E-state index contributed by atoms with van der Waals surface area (Å²) >= 11 is 0. The Kier molecular flexibility index (Phi) is 3.34. The molecule has 0 aliphatic heterocycles. The summed E-state index contributed by atoms with van der Waals surface area (Å²) in [6, 6.07) is 13.7. The number of aryl methyl sites for hydroxylation is 1. The fourth-order valence-electron chi connectivity index (χ4n) is 2.55. The molecule has 3 aromatic heterocycles. The highest BCUT2D eigenvalue weighted by atomic mass is 16.5. The van der Waals surface area contributed by atoms with Gasteiger partial charge < -0.3 is 4.74 Å². The van der Waals surface area contributed by atoms with Crippen LogP contribution in [-0.4, -0.2) is 24.8 Å². The van der Waals surface area contributed by atoms with Crippen LogP contribution < -0.4 is 4.74 Å². The van der Waals surface area contributed by atoms with E-state index >= 15 is 0 Å². The van der Waals surface area contributed by atoms with Crippen molar-refractivity contribution in [2.24, 2.45) is 0 Å². The van der Waals surface area contributed by atoms with Crippen molar-refractivity contribution in [2.45, 2.75) is 20.0 Å². The van der Waals surface area contributed by atoms with E-state index in [0.717, 1.165) is 34.4 Å². The van der Waals surface area contributed by atoms with Crippen LogP contribution in [0.25, 0.3) is 16.4 Å². The highest BCUT2D eigenvalue weighted by Crippen LogP contribution is 2.26. The van der Waals surface area contributed by atoms with Gasteiger partial charge in [-0.15, -0.1) is 15.3 Å². The number of ether oxygens (including phenoxy) is 1. The zero-order valence-electron chi connectivity index (χ0n) is 12.7. The Labute approximate surface area is 132 Å². The van der Waals surface area contributed by atoms with Gasteiger partial charge in [0.25, 0.3) is 0 Å². The van der Waals surface area contributed by atoms with Crippen molar-refractivity contribution in [3.8, 4) is 5.88 Å². The van der Waals surface area contributed by atoms with Gasteiger partial charge in [0.15, 0.2) is 11.5 Å². The molecule has 6 heteroatoms. The van der Waals surface area contributed by atoms with Gasteiger partial charge in [0.1, 0.15) is 6.61 Å². The van der Waals surface area contributed by atoms with Crippen LogP contribution in [0.1, 0.15) is 18.4 Å². The van der Waals surface area contributed by atoms with Gasteiger partial charge in [-0.05, 0) is 18.2 Å². The standard InChI is InChI=1S/C17H15N5O/c1-2-15-19-20-16-13-8-3-4-9-14(13)17(21-22(15)16)23-11-12-7-5-6-10-18-12/h3-10H,2,11H2,1H3. The number of hydrogen-bond acceptors (Lipinski definition) is 5. The first-order valence-corrected chi connectivity index (χ1v) is 7.52. The number of aromatic nitrogens is 5. The maximum Gasteiger partial charge on any atom is 0.240 e. The summed E-state index contributed by atoms with van der Waals surface area (Å²) in [6.07, 6.45) is 2.51. The first kappa shape index (κ1) is 13.6. The molecule has 0 N–H and O–H groups in total. The maximum atomic E-state index is 5.93. The van der Waals surface area contributed by atoms with Gasteiger partial charge in [0, 0.05) is 23.4 Å². The summed E-state index contributed by atoms with van der Waals surface area (Å²) in [7, 11) is 0. The van der Waals surface area contributed by atoms with Gasteiger partial charge in [0.2, 0.25) is 5.88 Å². The summed E-state index contributed by atoms with van der Waals surface area (Å²) in [4.78, 5) is 4.28. The fourth-order valence-corrected chi connectivity index (χ4v) is 2.55. The number of fused-ring (bicyclic) bond motifs is 3. The highest BCUT2D eigenvalue weighted by Gasteiger charge is 2.14. The Morgan fingerprint density at radius 1 is 1.00 bits per heavy atom. The van der Waals surface area contributed by atoms with E-state index in [0.29, 0.717) is 12.5 Å². The molecule has 23 heavy (non-hydrogen) atoms. The molecule has 0 fully saturated rings. The van der Waals surface area contributed by atoms with E-state index in [1.165, 1.54) is 0 Å². The average Bonchev–Trinajstić information content (AvgIpc) is 3.03. The van der Waals surface area contributed by atoms with E-state index in [1.807, 2.05) is 49.4 Å². The molecule has 114 valence electrons. The predicted octanol–water partition coefficient (Wildman–Crippen LogP) is 2.81. The second-order valence-electron chi connectivity index (χ2n) is 5.17. The number of pyridine rings is 1. The van der Waals surface area contributed by atoms with Crippen LogP contribution in [0.5, 0.6) is 5.88 Å². The third kappa shape index (κ3) is 2.38. The van der Waals surface area contributed by atoms with Crippen LogP contribution in [0.2, 0.25) is 0 Å². The van der Waals surface area contributed by atoms with E-state index in [9.17, 15) is 0 Å². The molecule has 3 heterocycles. The SMILES string of the molecule is CCc1nnc2c3ccccc3c(OCc3ccccn3)nn12. The average molecular weight is 305 g/mol. The second kappa shape index (κ2) is 5.64. The molecule has 0 aliphatic carbocycles. The lowest BCUT2D eigenvalue weighted by Crippen LogP contribution is -2.05. The molecule has 0 saturated heterocycles. The molecule has 6 nitrogen and oxygen atoms in total. The van der Waals surface area contributed by atoms with Gasteiger partial charge in [-0.1, -0.05) is 31.2 Å². The van der Waals surface area contributed by atoms with Crippen molar-refractivity contribution in [1.29, 1.82) is 0 Å². The topological polar surface area (TPSA) is 65.2 Å². The molecule has 0 spiro atoms. The minimum absolute atomic E-state index is 0.368. The predicted molar refractivity (Wildman–Crippen MR) is 86.2 cm³/mol. The molecule has 0 unspecified atom stereocenters. The lowest BCUT2D eigenvalue weighted by Gasteiger charge is -2.09. The summed E-state index contributed by atoms with van der Waals surface area (Å²) in [5, 5.41) is 15.0. The number of benzene rings is 1. The van der Waals surface area contributed by atoms with Gasteiger partial charge in [-0.25, -0.2) is 0 Å². The zero-order chi connectivity index (χ0) is 15.6. The molecule has 1 aromatic carbocycles. The Bertz CT molecular complexity index is 965. The van der Waals surface area contributed by atoms with Crippen molar-refractivity contribution in [3.05, 3.63) is 60.2 Å². The first-order chi connectivity index (χ1) is 11.4. The molecule has 0 radical (unpaired) electrons. The molecule has 0 atom stereocenters. The van der Waals surface area contributed by atoms with Crippen molar-refractivity contribution in [1.82, 2.24) is 24.8 Å². The largest absolute Gasteiger partial charge is 0.470 e. The molecule has 0 aliphatic rings. The van der Waals surface area contributed by atoms with E-state index in [4.69, 9.17) is 4.74 Å². The minimum atomic E-state index is 0.368. The number of nitrogens with zero attached hydrogens (tertiary/aromatic N) is 5. The van der Waals surface area contributed by atoms with Gasteiger partial charge in [-0.2, -0.15) is 4.52 Å². The molecule has 4 rings (SSSR count). The molecule has 4 aromatic rings. The fraction of sp³-hybridized carbons (Fsp3) is 0.176. The molecular weight excluding hydrogens is 290 g/mol. The minimum Gasteiger partial charge on any atom is -0.470 e. The van der Waals surface area contributed by atoms with Crippen LogP contribution in [0.3, 0.4) is 0 Å². The van der Waals surface area contributed by atoms with Crippen LogP contribution in [0.4, 0.5) is 0 Å². The molecule has 0 saturated carbocycles. The summed E-state index contributed by atoms with van der Waals surface area (Å²) < 4.78 is 7.69. The zero-order valence-corrected chi connectivity index (χ0v) is 12.7. The lowest BCUT2D eigenvalue weighted by molar-refractivity contribution is 0.288. The summed E-state index contributed by atoms with van der Waals surface area (Å²) in [6.45, 7) is 2.40. The quantitative estimate of drug-likeness (QED) is 0.580. The molecule has 0 amide bonds. The van der Waals surface area contributed by atoms with E-state index in [2.05, 4.69) is 20.3 Å². The van der Waals surface area contributed by atoms with Crippen LogP contribution >= 0.6 is 0 Å². The normalized spacial score (nSPS) is 11.2. The van der Waals surface area contributed by atoms with Crippen molar-refractivity contribution >= 4 is 16.4 Å².